The third kappa shape index (κ3) is 4.12. The highest BCUT2D eigenvalue weighted by Crippen LogP contribution is 2.28. The molecule has 0 bridgehead atoms. The van der Waals surface area contributed by atoms with Crippen LogP contribution in [0.5, 0.6) is 5.75 Å². The smallest absolute Gasteiger partial charge is 0.410 e. The Hall–Kier alpha value is -2.96. The minimum Gasteiger partial charge on any atom is -0.410 e. The standard InChI is InChI=1S/C18H17FN2O4/c19-15-3-1-13(2-4-15)14-9-11-20(12-10-14)18(22)25-17-7-5-16(6-8-17)21(23)24/h1-8,14H,9-12H2. The molecule has 0 saturated carbocycles. The van der Waals surface area contributed by atoms with E-state index >= 15 is 0 Å². The van der Waals surface area contributed by atoms with Gasteiger partial charge in [-0.3, -0.25) is 10.1 Å². The Bertz CT molecular complexity index is 754. The minimum atomic E-state index is -0.508. The van der Waals surface area contributed by atoms with Crippen molar-refractivity contribution in [3.63, 3.8) is 0 Å². The summed E-state index contributed by atoms with van der Waals surface area (Å²) >= 11 is 0. The second-order valence-corrected chi connectivity index (χ2v) is 5.93. The van der Waals surface area contributed by atoms with Gasteiger partial charge < -0.3 is 9.64 Å². The molecule has 0 spiro atoms. The third-order valence-corrected chi connectivity index (χ3v) is 4.35. The number of amides is 1. The zero-order valence-corrected chi connectivity index (χ0v) is 13.4. The van der Waals surface area contributed by atoms with Crippen LogP contribution in [0.25, 0.3) is 0 Å². The largest absolute Gasteiger partial charge is 0.415 e. The molecule has 0 unspecified atom stereocenters. The van der Waals surface area contributed by atoms with Gasteiger partial charge in [-0.25, -0.2) is 9.18 Å². The van der Waals surface area contributed by atoms with E-state index in [1.807, 2.05) is 0 Å². The molecule has 2 aromatic carbocycles. The van der Waals surface area contributed by atoms with E-state index in [0.29, 0.717) is 19.0 Å². The highest BCUT2D eigenvalue weighted by atomic mass is 19.1. The number of piperidine rings is 1. The number of likely N-dealkylation sites (tertiary alicyclic amines) is 1. The number of benzene rings is 2. The van der Waals surface area contributed by atoms with E-state index in [2.05, 4.69) is 0 Å². The van der Waals surface area contributed by atoms with Crippen LogP contribution < -0.4 is 4.74 Å². The second kappa shape index (κ2) is 7.29. The van der Waals surface area contributed by atoms with Crippen LogP contribution >= 0.6 is 0 Å². The van der Waals surface area contributed by atoms with E-state index in [-0.39, 0.29) is 17.3 Å². The van der Waals surface area contributed by atoms with Gasteiger partial charge in [0, 0.05) is 25.2 Å². The summed E-state index contributed by atoms with van der Waals surface area (Å²) in [5.41, 5.74) is 1.02. The second-order valence-electron chi connectivity index (χ2n) is 5.93. The Morgan fingerprint density at radius 3 is 2.24 bits per heavy atom. The van der Waals surface area contributed by atoms with Gasteiger partial charge >= 0.3 is 6.09 Å². The van der Waals surface area contributed by atoms with Crippen LogP contribution in [0.3, 0.4) is 0 Å². The molecule has 0 N–H and O–H groups in total. The molecule has 6 nitrogen and oxygen atoms in total. The van der Waals surface area contributed by atoms with Crippen molar-refractivity contribution in [3.8, 4) is 5.75 Å². The Kier molecular flexibility index (Phi) is 4.92. The molecule has 1 fully saturated rings. The van der Waals surface area contributed by atoms with Crippen LogP contribution in [0.2, 0.25) is 0 Å². The van der Waals surface area contributed by atoms with Crippen molar-refractivity contribution in [1.29, 1.82) is 0 Å². The van der Waals surface area contributed by atoms with Gasteiger partial charge in [0.1, 0.15) is 11.6 Å². The maximum atomic E-state index is 13.0. The van der Waals surface area contributed by atoms with Crippen molar-refractivity contribution >= 4 is 11.8 Å². The van der Waals surface area contributed by atoms with E-state index in [9.17, 15) is 19.3 Å². The quantitative estimate of drug-likeness (QED) is 0.620. The van der Waals surface area contributed by atoms with Crippen LogP contribution in [0.1, 0.15) is 24.3 Å². The number of rotatable bonds is 3. The molecule has 1 saturated heterocycles. The number of carbonyl (C=O) groups is 1. The van der Waals surface area contributed by atoms with Gasteiger partial charge in [0.05, 0.1) is 4.92 Å². The third-order valence-electron chi connectivity index (χ3n) is 4.35. The fraction of sp³-hybridized carbons (Fsp3) is 0.278. The average Bonchev–Trinajstić information content (AvgIpc) is 2.63. The van der Waals surface area contributed by atoms with Crippen molar-refractivity contribution in [3.05, 3.63) is 70.0 Å². The van der Waals surface area contributed by atoms with E-state index in [4.69, 9.17) is 4.74 Å². The Labute approximate surface area is 144 Å². The number of nitrogens with zero attached hydrogens (tertiary/aromatic N) is 2. The highest BCUT2D eigenvalue weighted by Gasteiger charge is 2.25. The first-order chi connectivity index (χ1) is 12.0. The molecule has 0 atom stereocenters. The number of non-ortho nitro benzene ring substituents is 1. The molecule has 130 valence electrons. The van der Waals surface area contributed by atoms with Crippen molar-refractivity contribution in [2.45, 2.75) is 18.8 Å². The monoisotopic (exact) mass is 344 g/mol. The fourth-order valence-electron chi connectivity index (χ4n) is 2.93. The van der Waals surface area contributed by atoms with Crippen LogP contribution in [-0.2, 0) is 0 Å². The summed E-state index contributed by atoms with van der Waals surface area (Å²) in [5.74, 6) is 0.313. The van der Waals surface area contributed by atoms with E-state index in [1.54, 1.807) is 17.0 Å². The van der Waals surface area contributed by atoms with Gasteiger partial charge in [-0.05, 0) is 48.6 Å². The number of halogens is 1. The van der Waals surface area contributed by atoms with Crippen molar-refractivity contribution in [1.82, 2.24) is 4.90 Å². The molecule has 0 aromatic heterocycles. The van der Waals surface area contributed by atoms with E-state index in [0.717, 1.165) is 18.4 Å². The van der Waals surface area contributed by atoms with Crippen LogP contribution in [0, 0.1) is 15.9 Å². The van der Waals surface area contributed by atoms with Crippen molar-refractivity contribution in [2.24, 2.45) is 0 Å². The molecular weight excluding hydrogens is 327 g/mol. The van der Waals surface area contributed by atoms with Gasteiger partial charge in [-0.15, -0.1) is 0 Å². The van der Waals surface area contributed by atoms with Crippen molar-refractivity contribution in [2.75, 3.05) is 13.1 Å². The summed E-state index contributed by atoms with van der Waals surface area (Å²) in [5, 5.41) is 10.6. The lowest BCUT2D eigenvalue weighted by Crippen LogP contribution is -2.39. The van der Waals surface area contributed by atoms with Gasteiger partial charge in [0.15, 0.2) is 0 Å². The van der Waals surface area contributed by atoms with Crippen LogP contribution in [0.15, 0.2) is 48.5 Å². The van der Waals surface area contributed by atoms with Gasteiger partial charge in [0.25, 0.3) is 5.69 Å². The first-order valence-electron chi connectivity index (χ1n) is 7.99. The Balaban J connectivity index is 1.54. The first kappa shape index (κ1) is 16.9. The van der Waals surface area contributed by atoms with Gasteiger partial charge in [-0.1, -0.05) is 12.1 Å². The summed E-state index contributed by atoms with van der Waals surface area (Å²) < 4.78 is 18.3. The number of ether oxygens (including phenoxy) is 1. The maximum Gasteiger partial charge on any atom is 0.415 e. The SMILES string of the molecule is O=C(Oc1ccc([N+](=O)[O-])cc1)N1CCC(c2ccc(F)cc2)CC1. The molecule has 1 aliphatic rings. The topological polar surface area (TPSA) is 72.7 Å². The number of hydrogen-bond acceptors (Lipinski definition) is 4. The number of nitro groups is 1. The van der Waals surface area contributed by atoms with Gasteiger partial charge in [0.2, 0.25) is 0 Å². The predicted octanol–water partition coefficient (Wildman–Crippen LogP) is 4.11. The minimum absolute atomic E-state index is 0.0556. The fourth-order valence-corrected chi connectivity index (χ4v) is 2.93. The molecule has 3 rings (SSSR count). The lowest BCUT2D eigenvalue weighted by molar-refractivity contribution is -0.384. The van der Waals surface area contributed by atoms with E-state index < -0.39 is 11.0 Å². The Morgan fingerprint density at radius 1 is 1.08 bits per heavy atom. The molecule has 1 aliphatic heterocycles. The molecule has 7 heteroatoms. The molecule has 25 heavy (non-hydrogen) atoms. The number of nitro benzene ring substituents is 1. The van der Waals surface area contributed by atoms with Crippen LogP contribution in [0.4, 0.5) is 14.9 Å². The predicted molar refractivity (Wildman–Crippen MR) is 89.1 cm³/mol. The zero-order valence-electron chi connectivity index (χ0n) is 13.4. The van der Waals surface area contributed by atoms with E-state index in [1.165, 1.54) is 36.4 Å². The first-order valence-corrected chi connectivity index (χ1v) is 7.99. The average molecular weight is 344 g/mol. The highest BCUT2D eigenvalue weighted by molar-refractivity contribution is 5.71. The lowest BCUT2D eigenvalue weighted by atomic mass is 9.89. The lowest BCUT2D eigenvalue weighted by Gasteiger charge is -2.31. The maximum absolute atomic E-state index is 13.0. The summed E-state index contributed by atoms with van der Waals surface area (Å²) in [7, 11) is 0. The number of carbonyl (C=O) groups excluding carboxylic acids is 1. The molecular formula is C18H17FN2O4. The van der Waals surface area contributed by atoms with Crippen molar-refractivity contribution < 1.29 is 18.8 Å². The normalized spacial score (nSPS) is 15.0. The molecule has 1 heterocycles. The number of hydrogen-bond donors (Lipinski definition) is 0. The van der Waals surface area contributed by atoms with Gasteiger partial charge in [-0.2, -0.15) is 0 Å². The molecule has 0 aliphatic carbocycles. The molecule has 1 amide bonds. The van der Waals surface area contributed by atoms with Crippen LogP contribution in [-0.4, -0.2) is 29.0 Å². The Morgan fingerprint density at radius 2 is 1.68 bits per heavy atom. The summed E-state index contributed by atoms with van der Waals surface area (Å²) in [6.07, 6.45) is 1.09. The molecule has 2 aromatic rings. The molecule has 0 radical (unpaired) electrons. The summed E-state index contributed by atoms with van der Waals surface area (Å²) in [6, 6.07) is 11.9. The zero-order chi connectivity index (χ0) is 17.8. The summed E-state index contributed by atoms with van der Waals surface area (Å²) in [6.45, 7) is 1.10. The summed E-state index contributed by atoms with van der Waals surface area (Å²) in [4.78, 5) is 23.9.